The summed E-state index contributed by atoms with van der Waals surface area (Å²) in [5.41, 5.74) is 3.23. The first-order chi connectivity index (χ1) is 21.9. The molecule has 1 N–H and O–H groups in total. The average molecular weight is 659 g/mol. The molecule has 0 bridgehead atoms. The highest BCUT2D eigenvalue weighted by atomic mass is 32.2. The quantitative estimate of drug-likeness (QED) is 0.150. The van der Waals surface area contributed by atoms with Crippen molar-refractivity contribution in [3.05, 3.63) is 89.7 Å². The molecule has 1 aliphatic heterocycles. The highest BCUT2D eigenvalue weighted by Gasteiger charge is 2.33. The number of aliphatic imine (C=N–C) groups is 1. The first kappa shape index (κ1) is 32.6. The van der Waals surface area contributed by atoms with Gasteiger partial charge in [0.15, 0.2) is 17.2 Å². The van der Waals surface area contributed by atoms with Gasteiger partial charge in [0.05, 0.1) is 17.1 Å². The van der Waals surface area contributed by atoms with Crippen molar-refractivity contribution in [2.75, 3.05) is 10.7 Å². The van der Waals surface area contributed by atoms with Crippen LogP contribution in [0, 0.1) is 6.92 Å². The van der Waals surface area contributed by atoms with Crippen molar-refractivity contribution >= 4 is 34.6 Å². The van der Waals surface area contributed by atoms with Crippen LogP contribution >= 0.6 is 11.8 Å². The van der Waals surface area contributed by atoms with Crippen molar-refractivity contribution in [3.63, 3.8) is 0 Å². The fraction of sp³-hybridized carbons (Fsp3) is 0.258. The largest absolute Gasteiger partial charge is 0.573 e. The Morgan fingerprint density at radius 3 is 2.48 bits per heavy atom. The second kappa shape index (κ2) is 13.7. The van der Waals surface area contributed by atoms with Crippen LogP contribution in [0.3, 0.4) is 0 Å². The van der Waals surface area contributed by atoms with Crippen molar-refractivity contribution < 1.29 is 36.3 Å². The zero-order chi connectivity index (χ0) is 33.0. The van der Waals surface area contributed by atoms with E-state index in [4.69, 9.17) is 0 Å². The highest BCUT2D eigenvalue weighted by molar-refractivity contribution is 8.15. The molecule has 1 aromatic heterocycles. The molecule has 0 spiro atoms. The average Bonchev–Trinajstić information content (AvgIpc) is 3.64. The van der Waals surface area contributed by atoms with Crippen LogP contribution in [-0.4, -0.2) is 50.3 Å². The van der Waals surface area contributed by atoms with Crippen molar-refractivity contribution in [3.8, 4) is 22.8 Å². The van der Waals surface area contributed by atoms with Crippen molar-refractivity contribution in [1.29, 1.82) is 0 Å². The van der Waals surface area contributed by atoms with Gasteiger partial charge in [0.25, 0.3) is 0 Å². The summed E-state index contributed by atoms with van der Waals surface area (Å²) in [7, 11) is 0. The Hall–Kier alpha value is -4.79. The summed E-state index contributed by atoms with van der Waals surface area (Å²) in [4.78, 5) is 34.7. The van der Waals surface area contributed by atoms with E-state index >= 15 is 4.39 Å². The minimum Gasteiger partial charge on any atom is -0.406 e. The zero-order valence-corrected chi connectivity index (χ0v) is 25.3. The maximum absolute atomic E-state index is 15.1. The molecule has 5 rings (SSSR count). The van der Waals surface area contributed by atoms with Crippen LogP contribution in [-0.2, 0) is 11.2 Å². The number of aromatic nitrogens is 3. The van der Waals surface area contributed by atoms with E-state index in [9.17, 15) is 27.2 Å². The number of carbonyl (C=O) groups is 2. The van der Waals surface area contributed by atoms with E-state index in [0.29, 0.717) is 23.4 Å². The first-order valence-corrected chi connectivity index (χ1v) is 15.0. The van der Waals surface area contributed by atoms with Crippen LogP contribution in [0.15, 0.2) is 78.0 Å². The molecule has 0 radical (unpaired) electrons. The summed E-state index contributed by atoms with van der Waals surface area (Å²) in [5.74, 6) is -0.380. The van der Waals surface area contributed by atoms with Crippen LogP contribution in [0.2, 0.25) is 0 Å². The predicted octanol–water partition coefficient (Wildman–Crippen LogP) is 7.25. The number of ether oxygens (including phenoxy) is 1. The number of benzene rings is 3. The van der Waals surface area contributed by atoms with Gasteiger partial charge >= 0.3 is 12.4 Å². The molecule has 0 saturated carbocycles. The number of urea groups is 1. The number of halogens is 5. The third-order valence-electron chi connectivity index (χ3n) is 6.80. The Bertz CT molecular complexity index is 1740. The van der Waals surface area contributed by atoms with E-state index < -0.39 is 24.9 Å². The third kappa shape index (κ3) is 7.70. The van der Waals surface area contributed by atoms with Crippen molar-refractivity contribution in [2.24, 2.45) is 4.99 Å². The van der Waals surface area contributed by atoms with Gasteiger partial charge in [-0.1, -0.05) is 61.5 Å². The van der Waals surface area contributed by atoms with Gasteiger partial charge in [-0.15, -0.1) is 18.3 Å². The van der Waals surface area contributed by atoms with E-state index in [2.05, 4.69) is 19.8 Å². The number of hydrogen-bond acceptors (Lipinski definition) is 6. The third-order valence-corrected chi connectivity index (χ3v) is 7.72. The molecular weight excluding hydrogens is 631 g/mol. The number of thioether (sulfide) groups is 1. The zero-order valence-electron chi connectivity index (χ0n) is 24.5. The van der Waals surface area contributed by atoms with Crippen molar-refractivity contribution in [1.82, 2.24) is 20.1 Å². The minimum atomic E-state index is -4.81. The lowest BCUT2D eigenvalue weighted by Gasteiger charge is -2.20. The number of anilines is 1. The standard InChI is InChI=1S/C31H27F5N6O3S/c1-3-4-19-6-5-18(2)15-24(19)42-25(43)16-46-30(42)39-29(44)38-27(33)26(32)20-7-9-21(10-8-20)28-37-17-41(40-28)22-11-13-23(14-12-22)45-31(34,35)36/h5-15,17,26-27H,3-4,16H2,1-2H3,(H,38,44). The fourth-order valence-corrected chi connectivity index (χ4v) is 5.52. The SMILES string of the molecule is CCCc1ccc(C)cc1N1C(=O)CSC1=NC(=O)NC(F)C(F)c1ccc(-c2ncn(-c3ccc(OC(F)(F)F)cc3)n2)cc1. The Morgan fingerprint density at radius 2 is 1.80 bits per heavy atom. The molecule has 3 aromatic carbocycles. The summed E-state index contributed by atoms with van der Waals surface area (Å²) in [6, 6.07) is 15.1. The number of carbonyl (C=O) groups excluding carboxylic acids is 2. The molecule has 2 atom stereocenters. The Labute approximate surface area is 264 Å². The van der Waals surface area contributed by atoms with Crippen LogP contribution in [0.25, 0.3) is 17.1 Å². The van der Waals surface area contributed by atoms with E-state index in [0.717, 1.165) is 41.4 Å². The number of rotatable bonds is 9. The van der Waals surface area contributed by atoms with E-state index in [1.54, 1.807) is 0 Å². The Morgan fingerprint density at radius 1 is 1.09 bits per heavy atom. The topological polar surface area (TPSA) is 102 Å². The number of alkyl halides is 5. The second-order valence-corrected chi connectivity index (χ2v) is 11.2. The number of hydrogen-bond donors (Lipinski definition) is 1. The van der Waals surface area contributed by atoms with Crippen LogP contribution in [0.5, 0.6) is 5.75 Å². The molecule has 0 aliphatic carbocycles. The number of aryl methyl sites for hydroxylation is 2. The Balaban J connectivity index is 1.23. The molecule has 46 heavy (non-hydrogen) atoms. The monoisotopic (exact) mass is 658 g/mol. The summed E-state index contributed by atoms with van der Waals surface area (Å²) >= 11 is 1.04. The van der Waals surface area contributed by atoms with E-state index in [-0.39, 0.29) is 34.0 Å². The predicted molar refractivity (Wildman–Crippen MR) is 163 cm³/mol. The number of nitrogens with one attached hydrogen (secondary N) is 1. The molecule has 15 heteroatoms. The van der Waals surface area contributed by atoms with Gasteiger partial charge in [0.1, 0.15) is 12.1 Å². The molecule has 2 heterocycles. The van der Waals surface area contributed by atoms with Crippen LogP contribution < -0.4 is 15.0 Å². The second-order valence-electron chi connectivity index (χ2n) is 10.2. The maximum Gasteiger partial charge on any atom is 0.573 e. The van der Waals surface area contributed by atoms with Gasteiger partial charge < -0.3 is 10.1 Å². The van der Waals surface area contributed by atoms with E-state index in [1.807, 2.05) is 37.4 Å². The first-order valence-electron chi connectivity index (χ1n) is 14.0. The molecule has 1 aliphatic rings. The summed E-state index contributed by atoms with van der Waals surface area (Å²) in [6.07, 6.45) is -6.60. The van der Waals surface area contributed by atoms with Gasteiger partial charge in [-0.3, -0.25) is 9.69 Å². The van der Waals surface area contributed by atoms with Gasteiger partial charge in [0, 0.05) is 5.56 Å². The molecule has 1 saturated heterocycles. The van der Waals surface area contributed by atoms with Crippen LogP contribution in [0.4, 0.5) is 32.4 Å². The Kier molecular flexibility index (Phi) is 9.70. The minimum absolute atomic E-state index is 0.0546. The molecule has 2 unspecified atom stereocenters. The smallest absolute Gasteiger partial charge is 0.406 e. The molecular formula is C31H27F5N6O3S. The molecule has 3 amide bonds. The van der Waals surface area contributed by atoms with E-state index in [1.165, 1.54) is 52.3 Å². The maximum atomic E-state index is 15.1. The number of amidine groups is 1. The lowest BCUT2D eigenvalue weighted by atomic mass is 10.0. The number of amides is 3. The van der Waals surface area contributed by atoms with Gasteiger partial charge in [-0.05, 0) is 60.4 Å². The molecule has 240 valence electrons. The summed E-state index contributed by atoms with van der Waals surface area (Å²) in [5, 5.41) is 6.27. The normalized spacial score (nSPS) is 15.7. The van der Waals surface area contributed by atoms with Crippen LogP contribution in [0.1, 0.15) is 36.2 Å². The van der Waals surface area contributed by atoms with Crippen molar-refractivity contribution in [2.45, 2.75) is 45.5 Å². The lowest BCUT2D eigenvalue weighted by Crippen LogP contribution is -2.35. The van der Waals surface area contributed by atoms with Gasteiger partial charge in [0.2, 0.25) is 12.2 Å². The summed E-state index contributed by atoms with van der Waals surface area (Å²) < 4.78 is 72.3. The number of nitrogens with zero attached hydrogens (tertiary/aromatic N) is 5. The molecule has 4 aromatic rings. The molecule has 9 nitrogen and oxygen atoms in total. The molecule has 1 fully saturated rings. The van der Waals surface area contributed by atoms with Gasteiger partial charge in [-0.25, -0.2) is 23.2 Å². The summed E-state index contributed by atoms with van der Waals surface area (Å²) in [6.45, 7) is 3.88. The highest BCUT2D eigenvalue weighted by Crippen LogP contribution is 2.32. The lowest BCUT2D eigenvalue weighted by molar-refractivity contribution is -0.274. The fourth-order valence-electron chi connectivity index (χ4n) is 4.66. The van der Waals surface area contributed by atoms with Gasteiger partial charge in [-0.2, -0.15) is 4.99 Å².